The number of aryl methyl sites for hydroxylation is 1. The quantitative estimate of drug-likeness (QED) is 0.676. The topological polar surface area (TPSA) is 0 Å². The summed E-state index contributed by atoms with van der Waals surface area (Å²) < 4.78 is 1.24. The lowest BCUT2D eigenvalue weighted by atomic mass is 9.53. The minimum Gasteiger partial charge on any atom is -0.0609 e. The van der Waals surface area contributed by atoms with Crippen molar-refractivity contribution in [3.8, 4) is 0 Å². The van der Waals surface area contributed by atoms with Gasteiger partial charge in [-0.25, -0.2) is 0 Å². The highest BCUT2D eigenvalue weighted by molar-refractivity contribution is 9.10. The van der Waals surface area contributed by atoms with E-state index in [1.165, 1.54) is 29.3 Å². The van der Waals surface area contributed by atoms with Crippen molar-refractivity contribution in [2.45, 2.75) is 51.4 Å². The van der Waals surface area contributed by atoms with E-state index in [4.69, 9.17) is 0 Å². The summed E-state index contributed by atoms with van der Waals surface area (Å²) >= 11 is 3.60. The molecule has 0 aromatic heterocycles. The van der Waals surface area contributed by atoms with Crippen molar-refractivity contribution in [3.63, 3.8) is 0 Å². The summed E-state index contributed by atoms with van der Waals surface area (Å²) in [6.07, 6.45) is 12.2. The number of hydrogen-bond donors (Lipinski definition) is 0. The van der Waals surface area contributed by atoms with Crippen LogP contribution in [-0.4, -0.2) is 0 Å². The summed E-state index contributed by atoms with van der Waals surface area (Å²) in [5.41, 5.74) is 3.28. The van der Waals surface area contributed by atoms with E-state index in [-0.39, 0.29) is 0 Å². The molecular formula is C19H23Br. The fourth-order valence-electron chi connectivity index (χ4n) is 6.46. The molecule has 0 radical (unpaired) electrons. The minimum absolute atomic E-state index is 0.862. The third kappa shape index (κ3) is 1.48. The Morgan fingerprint density at radius 1 is 1.20 bits per heavy atom. The van der Waals surface area contributed by atoms with E-state index in [9.17, 15) is 0 Å². The van der Waals surface area contributed by atoms with Gasteiger partial charge in [0, 0.05) is 4.47 Å². The standard InChI is InChI=1S/C19H23Br/c20-14-4-1-3-13(11-14)7-8-16-15-5-2-6-17-18(9-10-18)12-19(15,16)17/h1,3-4,11,15-17H,2,5-10,12H2. The second kappa shape index (κ2) is 3.91. The molecule has 1 aromatic rings. The fourth-order valence-corrected chi connectivity index (χ4v) is 6.91. The molecule has 0 heterocycles. The van der Waals surface area contributed by atoms with E-state index in [1.807, 2.05) is 0 Å². The van der Waals surface area contributed by atoms with E-state index in [0.29, 0.717) is 0 Å². The molecule has 0 aliphatic heterocycles. The van der Waals surface area contributed by atoms with Crippen LogP contribution in [0.2, 0.25) is 0 Å². The number of benzene rings is 1. The predicted molar refractivity (Wildman–Crippen MR) is 85.5 cm³/mol. The van der Waals surface area contributed by atoms with Gasteiger partial charge in [0.15, 0.2) is 0 Å². The number of halogens is 1. The Hall–Kier alpha value is -0.300. The highest BCUT2D eigenvalue weighted by Crippen LogP contribution is 2.88. The summed E-state index contributed by atoms with van der Waals surface area (Å²) in [6.45, 7) is 0. The van der Waals surface area contributed by atoms with Gasteiger partial charge in [0.1, 0.15) is 0 Å². The van der Waals surface area contributed by atoms with Crippen LogP contribution in [0.15, 0.2) is 28.7 Å². The van der Waals surface area contributed by atoms with Crippen molar-refractivity contribution >= 4 is 15.9 Å². The van der Waals surface area contributed by atoms with Crippen molar-refractivity contribution in [3.05, 3.63) is 34.3 Å². The van der Waals surface area contributed by atoms with Crippen LogP contribution in [0, 0.1) is 28.6 Å². The molecule has 4 fully saturated rings. The van der Waals surface area contributed by atoms with Gasteiger partial charge in [-0.05, 0) is 91.2 Å². The maximum absolute atomic E-state index is 3.60. The largest absolute Gasteiger partial charge is 0.0609 e. The molecule has 1 aromatic carbocycles. The molecule has 4 aliphatic carbocycles. The highest BCUT2D eigenvalue weighted by Gasteiger charge is 2.81. The Bertz CT molecular complexity index is 559. The van der Waals surface area contributed by atoms with E-state index in [1.54, 1.807) is 32.1 Å². The third-order valence-corrected chi connectivity index (χ3v) is 7.83. The Balaban J connectivity index is 1.30. The zero-order chi connectivity index (χ0) is 13.4. The first-order valence-electron chi connectivity index (χ1n) is 8.49. The normalized spacial score (nSPS) is 42.5. The van der Waals surface area contributed by atoms with Gasteiger partial charge in [-0.1, -0.05) is 34.5 Å². The van der Waals surface area contributed by atoms with Crippen LogP contribution in [0.3, 0.4) is 0 Å². The van der Waals surface area contributed by atoms with E-state index in [0.717, 1.165) is 28.6 Å². The molecular weight excluding hydrogens is 308 g/mol. The lowest BCUT2D eigenvalue weighted by Gasteiger charge is -2.51. The van der Waals surface area contributed by atoms with Gasteiger partial charge < -0.3 is 0 Å². The lowest BCUT2D eigenvalue weighted by molar-refractivity contribution is -0.0249. The van der Waals surface area contributed by atoms with Crippen LogP contribution in [0.5, 0.6) is 0 Å². The lowest BCUT2D eigenvalue weighted by Crippen LogP contribution is -2.44. The van der Waals surface area contributed by atoms with Crippen LogP contribution in [-0.2, 0) is 6.42 Å². The molecule has 1 heteroatoms. The van der Waals surface area contributed by atoms with Gasteiger partial charge in [0.25, 0.3) is 0 Å². The van der Waals surface area contributed by atoms with Crippen LogP contribution in [0.1, 0.15) is 50.5 Å². The smallest absolute Gasteiger partial charge is 0.0177 e. The zero-order valence-electron chi connectivity index (χ0n) is 12.1. The molecule has 4 aliphatic rings. The summed E-state index contributed by atoms with van der Waals surface area (Å²) in [5, 5.41) is 0. The van der Waals surface area contributed by atoms with E-state index in [2.05, 4.69) is 40.2 Å². The Kier molecular flexibility index (Phi) is 2.40. The van der Waals surface area contributed by atoms with Crippen molar-refractivity contribution in [1.82, 2.24) is 0 Å². The first kappa shape index (κ1) is 12.3. The minimum atomic E-state index is 0.862. The van der Waals surface area contributed by atoms with Gasteiger partial charge in [0.05, 0.1) is 0 Å². The maximum atomic E-state index is 3.60. The van der Waals surface area contributed by atoms with Gasteiger partial charge in [0.2, 0.25) is 0 Å². The Morgan fingerprint density at radius 3 is 2.90 bits per heavy atom. The third-order valence-electron chi connectivity index (χ3n) is 7.34. The highest BCUT2D eigenvalue weighted by atomic mass is 79.9. The SMILES string of the molecule is Brc1cccc(CCC2C3CCCC4C5(CC5)CC324)c1. The molecule has 0 amide bonds. The van der Waals surface area contributed by atoms with Gasteiger partial charge in [-0.2, -0.15) is 0 Å². The summed E-state index contributed by atoms with van der Waals surface area (Å²) in [7, 11) is 0. The molecule has 0 nitrogen and oxygen atoms in total. The van der Waals surface area contributed by atoms with Gasteiger partial charge in [-0.15, -0.1) is 0 Å². The molecule has 4 atom stereocenters. The van der Waals surface area contributed by atoms with Crippen LogP contribution in [0.4, 0.5) is 0 Å². The molecule has 5 rings (SSSR count). The fraction of sp³-hybridized carbons (Fsp3) is 0.684. The number of hydrogen-bond acceptors (Lipinski definition) is 0. The van der Waals surface area contributed by atoms with Crippen molar-refractivity contribution in [2.75, 3.05) is 0 Å². The number of rotatable bonds is 3. The van der Waals surface area contributed by atoms with Crippen LogP contribution in [0.25, 0.3) is 0 Å². The Morgan fingerprint density at radius 2 is 2.10 bits per heavy atom. The predicted octanol–water partition coefficient (Wildman–Crippen LogP) is 5.60. The zero-order valence-corrected chi connectivity index (χ0v) is 13.7. The van der Waals surface area contributed by atoms with Crippen molar-refractivity contribution in [2.24, 2.45) is 28.6 Å². The average Bonchev–Trinajstić information content (AvgIpc) is 3.31. The molecule has 106 valence electrons. The molecule has 20 heavy (non-hydrogen) atoms. The van der Waals surface area contributed by atoms with Crippen molar-refractivity contribution in [1.29, 1.82) is 0 Å². The van der Waals surface area contributed by atoms with Crippen LogP contribution >= 0.6 is 15.9 Å². The summed E-state index contributed by atoms with van der Waals surface area (Å²) in [4.78, 5) is 0. The summed E-state index contributed by atoms with van der Waals surface area (Å²) in [6, 6.07) is 8.93. The Labute approximate surface area is 130 Å². The molecule has 0 N–H and O–H groups in total. The molecule has 4 unspecified atom stereocenters. The monoisotopic (exact) mass is 330 g/mol. The second-order valence-electron chi connectivity index (χ2n) is 8.02. The van der Waals surface area contributed by atoms with E-state index >= 15 is 0 Å². The molecule has 0 saturated heterocycles. The maximum Gasteiger partial charge on any atom is 0.0177 e. The second-order valence-corrected chi connectivity index (χ2v) is 8.93. The first-order valence-corrected chi connectivity index (χ1v) is 9.28. The summed E-state index contributed by atoms with van der Waals surface area (Å²) in [5.74, 6) is 3.36. The van der Waals surface area contributed by atoms with Crippen molar-refractivity contribution < 1.29 is 0 Å². The molecule has 0 bridgehead atoms. The number of fused-ring (bicyclic) bond motifs is 1. The van der Waals surface area contributed by atoms with Crippen LogP contribution < -0.4 is 0 Å². The van der Waals surface area contributed by atoms with Gasteiger partial charge >= 0.3 is 0 Å². The first-order chi connectivity index (χ1) is 9.75. The molecule has 4 saturated carbocycles. The average molecular weight is 331 g/mol. The van der Waals surface area contributed by atoms with Gasteiger partial charge in [-0.3, -0.25) is 0 Å². The molecule has 2 spiro atoms. The van der Waals surface area contributed by atoms with E-state index < -0.39 is 0 Å².